The zero-order chi connectivity index (χ0) is 20.2. The summed E-state index contributed by atoms with van der Waals surface area (Å²) in [5.41, 5.74) is 9.33. The van der Waals surface area contributed by atoms with Crippen molar-refractivity contribution < 1.29 is 0 Å². The van der Waals surface area contributed by atoms with Gasteiger partial charge in [0.25, 0.3) is 0 Å². The maximum absolute atomic E-state index is 6.17. The summed E-state index contributed by atoms with van der Waals surface area (Å²) in [6, 6.07) is 15.3. The van der Waals surface area contributed by atoms with Crippen molar-refractivity contribution in [1.29, 1.82) is 0 Å². The lowest BCUT2D eigenvalue weighted by Gasteiger charge is -2.30. The number of piperazine rings is 1. The van der Waals surface area contributed by atoms with Crippen LogP contribution in [0, 0.1) is 0 Å². The summed E-state index contributed by atoms with van der Waals surface area (Å²) in [6.45, 7) is 4.04. The van der Waals surface area contributed by atoms with Crippen molar-refractivity contribution in [2.45, 2.75) is 0 Å². The number of anilines is 2. The van der Waals surface area contributed by atoms with Crippen LogP contribution in [-0.4, -0.2) is 36.1 Å². The number of hydrogen-bond acceptors (Lipinski definition) is 5. The molecule has 3 heterocycles. The van der Waals surface area contributed by atoms with Crippen LogP contribution < -0.4 is 16.0 Å². The van der Waals surface area contributed by atoms with Gasteiger partial charge in [-0.05, 0) is 36.4 Å². The molecule has 29 heavy (non-hydrogen) atoms. The van der Waals surface area contributed by atoms with Crippen LogP contribution in [0.1, 0.15) is 0 Å². The highest BCUT2D eigenvalue weighted by atomic mass is 35.5. The van der Waals surface area contributed by atoms with E-state index in [4.69, 9.17) is 28.9 Å². The van der Waals surface area contributed by atoms with Gasteiger partial charge in [0.2, 0.25) is 0 Å². The van der Waals surface area contributed by atoms with Crippen molar-refractivity contribution in [3.8, 4) is 0 Å². The first-order chi connectivity index (χ1) is 14.1. The van der Waals surface area contributed by atoms with E-state index in [2.05, 4.69) is 26.3 Å². The van der Waals surface area contributed by atoms with E-state index in [-0.39, 0.29) is 0 Å². The summed E-state index contributed by atoms with van der Waals surface area (Å²) < 4.78 is 0. The topological polar surface area (TPSA) is 67.1 Å². The van der Waals surface area contributed by atoms with Crippen molar-refractivity contribution in [1.82, 2.24) is 15.3 Å². The highest BCUT2D eigenvalue weighted by molar-refractivity contribution is 6.32. The number of nitrogens with one attached hydrogen (secondary N) is 1. The lowest BCUT2D eigenvalue weighted by molar-refractivity contribution is 0.590. The normalized spacial score (nSPS) is 13.9. The van der Waals surface area contributed by atoms with Crippen molar-refractivity contribution in [3.63, 3.8) is 0 Å². The molecule has 148 valence electrons. The monoisotopic (exact) mass is 425 g/mol. The number of nitrogen functional groups attached to an aromatic ring is 1. The zero-order valence-electron chi connectivity index (χ0n) is 15.8. The average Bonchev–Trinajstić information content (AvgIpc) is 2.74. The van der Waals surface area contributed by atoms with Gasteiger partial charge in [-0.25, -0.2) is 0 Å². The Morgan fingerprint density at radius 1 is 0.828 bits per heavy atom. The molecule has 0 unspecified atom stereocenters. The zero-order valence-corrected chi connectivity index (χ0v) is 17.3. The molecule has 1 saturated heterocycles. The molecule has 0 bridgehead atoms. The van der Waals surface area contributed by atoms with Crippen molar-refractivity contribution in [2.24, 2.45) is 0 Å². The third-order valence-electron chi connectivity index (χ3n) is 4.81. The highest BCUT2D eigenvalue weighted by Crippen LogP contribution is 2.29. The van der Waals surface area contributed by atoms with E-state index >= 15 is 0 Å². The van der Waals surface area contributed by atoms with E-state index in [1.165, 1.54) is 0 Å². The molecule has 1 aliphatic heterocycles. The minimum absolute atomic E-state index is 0.623. The Bertz CT molecular complexity index is 1140. The van der Waals surface area contributed by atoms with E-state index < -0.39 is 0 Å². The Kier molecular flexibility index (Phi) is 6.00. The van der Waals surface area contributed by atoms with Gasteiger partial charge in [-0.2, -0.15) is 0 Å². The number of fused-ring (bicyclic) bond motifs is 2. The highest BCUT2D eigenvalue weighted by Gasteiger charge is 2.14. The summed E-state index contributed by atoms with van der Waals surface area (Å²) in [5, 5.41) is 6.85. The van der Waals surface area contributed by atoms with Gasteiger partial charge in [0.1, 0.15) is 0 Å². The lowest BCUT2D eigenvalue weighted by Crippen LogP contribution is -2.43. The third kappa shape index (κ3) is 4.53. The SMILES string of the molecule is Clc1cc(N2CCNCC2)c2ncccc2c1.Nc1cc(Cl)cc2cccnc12. The first kappa shape index (κ1) is 19.7. The van der Waals surface area contributed by atoms with Crippen LogP contribution in [-0.2, 0) is 0 Å². The summed E-state index contributed by atoms with van der Waals surface area (Å²) >= 11 is 12.0. The number of rotatable bonds is 1. The molecule has 0 aliphatic carbocycles. The van der Waals surface area contributed by atoms with E-state index in [9.17, 15) is 0 Å². The first-order valence-electron chi connectivity index (χ1n) is 9.41. The number of pyridine rings is 2. The Morgan fingerprint density at radius 3 is 2.10 bits per heavy atom. The van der Waals surface area contributed by atoms with Crippen molar-refractivity contribution in [3.05, 3.63) is 71.0 Å². The minimum Gasteiger partial charge on any atom is -0.397 e. The molecule has 0 saturated carbocycles. The van der Waals surface area contributed by atoms with Gasteiger partial charge in [-0.15, -0.1) is 0 Å². The van der Waals surface area contributed by atoms with E-state index in [1.54, 1.807) is 12.3 Å². The summed E-state index contributed by atoms with van der Waals surface area (Å²) in [5.74, 6) is 0. The van der Waals surface area contributed by atoms with Crippen LogP contribution in [0.4, 0.5) is 11.4 Å². The number of halogens is 2. The van der Waals surface area contributed by atoms with Gasteiger partial charge in [0.15, 0.2) is 0 Å². The van der Waals surface area contributed by atoms with Gasteiger partial charge >= 0.3 is 0 Å². The molecule has 0 amide bonds. The number of aromatic nitrogens is 2. The average molecular weight is 426 g/mol. The second-order valence-corrected chi connectivity index (χ2v) is 7.68. The van der Waals surface area contributed by atoms with Crippen molar-refractivity contribution in [2.75, 3.05) is 36.8 Å². The Labute approximate surface area is 179 Å². The predicted molar refractivity (Wildman–Crippen MR) is 123 cm³/mol. The van der Waals surface area contributed by atoms with Crippen LogP contribution in [0.5, 0.6) is 0 Å². The number of nitrogens with two attached hydrogens (primary N) is 1. The van der Waals surface area contributed by atoms with E-state index in [0.29, 0.717) is 10.7 Å². The fourth-order valence-electron chi connectivity index (χ4n) is 3.47. The Balaban J connectivity index is 0.000000150. The molecule has 0 spiro atoms. The molecule has 5 rings (SSSR count). The molecule has 0 atom stereocenters. The smallest absolute Gasteiger partial charge is 0.0936 e. The molecule has 0 radical (unpaired) electrons. The lowest BCUT2D eigenvalue weighted by atomic mass is 10.1. The quantitative estimate of drug-likeness (QED) is 0.430. The van der Waals surface area contributed by atoms with Crippen molar-refractivity contribution >= 4 is 56.4 Å². The summed E-state index contributed by atoms with van der Waals surface area (Å²) in [6.07, 6.45) is 3.55. The summed E-state index contributed by atoms with van der Waals surface area (Å²) in [4.78, 5) is 11.0. The maximum atomic E-state index is 6.17. The third-order valence-corrected chi connectivity index (χ3v) is 5.24. The molecule has 2 aromatic carbocycles. The number of nitrogens with zero attached hydrogens (tertiary/aromatic N) is 3. The van der Waals surface area contributed by atoms with E-state index in [1.807, 2.05) is 42.6 Å². The molecular weight excluding hydrogens is 405 g/mol. The minimum atomic E-state index is 0.623. The molecule has 3 N–H and O–H groups in total. The van der Waals surface area contributed by atoms with Gasteiger partial charge in [-0.1, -0.05) is 35.3 Å². The number of benzene rings is 2. The predicted octanol–water partition coefficient (Wildman–Crippen LogP) is 4.77. The molecular formula is C22H21Cl2N5. The van der Waals surface area contributed by atoms with Crippen LogP contribution >= 0.6 is 23.2 Å². The second kappa shape index (κ2) is 8.82. The molecule has 1 aliphatic rings. The van der Waals surface area contributed by atoms with Crippen LogP contribution in [0.3, 0.4) is 0 Å². The van der Waals surface area contributed by atoms with Crippen LogP contribution in [0.15, 0.2) is 60.9 Å². The first-order valence-corrected chi connectivity index (χ1v) is 10.2. The number of hydrogen-bond donors (Lipinski definition) is 2. The Hall–Kier alpha value is -2.60. The molecule has 2 aromatic heterocycles. The van der Waals surface area contributed by atoms with Gasteiger partial charge < -0.3 is 16.0 Å². The van der Waals surface area contributed by atoms with E-state index in [0.717, 1.165) is 58.7 Å². The molecule has 5 nitrogen and oxygen atoms in total. The van der Waals surface area contributed by atoms with Gasteiger partial charge in [0, 0.05) is 59.4 Å². The molecule has 4 aromatic rings. The van der Waals surface area contributed by atoms with Gasteiger partial charge in [0.05, 0.1) is 22.4 Å². The maximum Gasteiger partial charge on any atom is 0.0936 e. The molecule has 7 heteroatoms. The Morgan fingerprint density at radius 2 is 1.41 bits per heavy atom. The molecule has 1 fully saturated rings. The summed E-state index contributed by atoms with van der Waals surface area (Å²) in [7, 11) is 0. The second-order valence-electron chi connectivity index (χ2n) is 6.81. The van der Waals surface area contributed by atoms with Crippen LogP contribution in [0.2, 0.25) is 10.0 Å². The van der Waals surface area contributed by atoms with Crippen LogP contribution in [0.25, 0.3) is 21.8 Å². The van der Waals surface area contributed by atoms with Gasteiger partial charge in [-0.3, -0.25) is 9.97 Å². The fourth-order valence-corrected chi connectivity index (χ4v) is 3.92. The largest absolute Gasteiger partial charge is 0.397 e. The fraction of sp³-hybridized carbons (Fsp3) is 0.182. The standard InChI is InChI=1S/C13H14ClN3.C9H7ClN2/c14-11-8-10-2-1-3-16-13(10)12(9-11)17-6-4-15-5-7-17;10-7-4-6-2-1-3-12-9(6)8(11)5-7/h1-3,8-9,15H,4-7H2;1-5H,11H2.